The third-order valence-electron chi connectivity index (χ3n) is 3.04. The molecule has 0 fully saturated rings. The molecule has 0 spiro atoms. The van der Waals surface area contributed by atoms with Crippen LogP contribution >= 0.6 is 0 Å². The Morgan fingerprint density at radius 3 is 2.50 bits per heavy atom. The molecule has 0 radical (unpaired) electrons. The number of unbranched alkanes of at least 4 members (excludes halogenated alkanes) is 1. The molecular weight excluding hydrogens is 284 g/mol. The van der Waals surface area contributed by atoms with Crippen molar-refractivity contribution in [3.63, 3.8) is 0 Å². The summed E-state index contributed by atoms with van der Waals surface area (Å²) < 4.78 is 10.5. The lowest BCUT2D eigenvalue weighted by molar-refractivity contribution is -0.133. The van der Waals surface area contributed by atoms with E-state index in [2.05, 4.69) is 5.32 Å². The molecule has 6 nitrogen and oxygen atoms in total. The summed E-state index contributed by atoms with van der Waals surface area (Å²) in [6.07, 6.45) is 0.946. The van der Waals surface area contributed by atoms with E-state index in [0.29, 0.717) is 19.8 Å². The second-order valence-corrected chi connectivity index (χ2v) is 5.44. The van der Waals surface area contributed by atoms with Gasteiger partial charge in [-0.25, -0.2) is 4.79 Å². The summed E-state index contributed by atoms with van der Waals surface area (Å²) >= 11 is 0. The summed E-state index contributed by atoms with van der Waals surface area (Å²) in [6, 6.07) is 9.94. The topological polar surface area (TPSA) is 90.7 Å². The van der Waals surface area contributed by atoms with Crippen molar-refractivity contribution in [2.24, 2.45) is 5.73 Å². The largest absolute Gasteiger partial charge is 0.433 e. The van der Waals surface area contributed by atoms with Gasteiger partial charge in [-0.15, -0.1) is 0 Å². The number of amides is 2. The van der Waals surface area contributed by atoms with Crippen LogP contribution in [0.4, 0.5) is 4.79 Å². The molecule has 0 heterocycles. The highest BCUT2D eigenvalue weighted by Crippen LogP contribution is 2.07. The lowest BCUT2D eigenvalue weighted by Crippen LogP contribution is -2.44. The predicted octanol–water partition coefficient (Wildman–Crippen LogP) is 1.97. The van der Waals surface area contributed by atoms with Gasteiger partial charge >= 0.3 is 6.09 Å². The molecule has 1 aromatic rings. The summed E-state index contributed by atoms with van der Waals surface area (Å²) in [5.74, 6) is -0.683. The lowest BCUT2D eigenvalue weighted by Gasteiger charge is -2.21. The number of hydrogen-bond acceptors (Lipinski definition) is 4. The minimum absolute atomic E-state index is 0.461. The van der Waals surface area contributed by atoms with Gasteiger partial charge < -0.3 is 20.5 Å². The Labute approximate surface area is 131 Å². The second-order valence-electron chi connectivity index (χ2n) is 5.44. The van der Waals surface area contributed by atoms with Gasteiger partial charge in [-0.05, 0) is 32.3 Å². The molecule has 0 saturated carbocycles. The number of nitrogens with two attached hydrogens (primary N) is 1. The Morgan fingerprint density at radius 1 is 1.18 bits per heavy atom. The van der Waals surface area contributed by atoms with Crippen LogP contribution in [0.25, 0.3) is 0 Å². The van der Waals surface area contributed by atoms with Crippen molar-refractivity contribution in [1.29, 1.82) is 0 Å². The maximum Gasteiger partial charge on any atom is 0.408 e. The molecule has 22 heavy (non-hydrogen) atoms. The quantitative estimate of drug-likeness (QED) is 0.682. The molecule has 3 N–H and O–H groups in total. The minimum Gasteiger partial charge on any atom is -0.433 e. The number of carbonyl (C=O) groups is 2. The summed E-state index contributed by atoms with van der Waals surface area (Å²) in [6.45, 7) is 4.57. The van der Waals surface area contributed by atoms with Gasteiger partial charge in [-0.1, -0.05) is 30.3 Å². The smallest absolute Gasteiger partial charge is 0.408 e. The van der Waals surface area contributed by atoms with E-state index in [4.69, 9.17) is 15.2 Å². The molecule has 1 rings (SSSR count). The summed E-state index contributed by atoms with van der Waals surface area (Å²) in [4.78, 5) is 22.5. The summed E-state index contributed by atoms with van der Waals surface area (Å²) in [7, 11) is 0. The van der Waals surface area contributed by atoms with Crippen LogP contribution in [-0.4, -0.2) is 30.8 Å². The van der Waals surface area contributed by atoms with Crippen molar-refractivity contribution in [2.75, 3.05) is 13.2 Å². The zero-order valence-electron chi connectivity index (χ0n) is 13.1. The molecule has 0 aromatic heterocycles. The first-order chi connectivity index (χ1) is 10.4. The first-order valence-electron chi connectivity index (χ1n) is 7.30. The van der Waals surface area contributed by atoms with Gasteiger partial charge in [0.1, 0.15) is 0 Å². The molecule has 6 heteroatoms. The van der Waals surface area contributed by atoms with Crippen LogP contribution in [0.1, 0.15) is 32.3 Å². The van der Waals surface area contributed by atoms with E-state index in [0.717, 1.165) is 18.4 Å². The molecule has 122 valence electrons. The first-order valence-corrected chi connectivity index (χ1v) is 7.30. The number of hydrogen-bond donors (Lipinski definition) is 2. The number of carbonyl (C=O) groups excluding carboxylic acids is 2. The van der Waals surface area contributed by atoms with Gasteiger partial charge in [0.05, 0.1) is 6.61 Å². The van der Waals surface area contributed by atoms with Gasteiger partial charge in [0.2, 0.25) is 0 Å². The van der Waals surface area contributed by atoms with Gasteiger partial charge in [0.15, 0.2) is 5.60 Å². The standard InChI is InChI=1S/C16H24N2O4/c1-16(2,14(17)19)22-15(20)18-10-6-7-11-21-12-13-8-4-3-5-9-13/h3-5,8-9H,6-7,10-12H2,1-2H3,(H2,17,19)(H,18,20). The molecule has 0 saturated heterocycles. The predicted molar refractivity (Wildman–Crippen MR) is 83.1 cm³/mol. The second kappa shape index (κ2) is 9.04. The van der Waals surface area contributed by atoms with Crippen molar-refractivity contribution >= 4 is 12.0 Å². The van der Waals surface area contributed by atoms with Gasteiger partial charge in [0.25, 0.3) is 5.91 Å². The van der Waals surface area contributed by atoms with Crippen molar-refractivity contribution in [3.05, 3.63) is 35.9 Å². The number of rotatable bonds is 9. The number of benzene rings is 1. The molecule has 1 aromatic carbocycles. The Kier molecular flexibility index (Phi) is 7.39. The van der Waals surface area contributed by atoms with Crippen LogP contribution in [-0.2, 0) is 20.9 Å². The SMILES string of the molecule is CC(C)(OC(=O)NCCCCOCc1ccccc1)C(N)=O. The van der Waals surface area contributed by atoms with Crippen LogP contribution in [0.3, 0.4) is 0 Å². The third-order valence-corrected chi connectivity index (χ3v) is 3.04. The van der Waals surface area contributed by atoms with Crippen LogP contribution in [0, 0.1) is 0 Å². The summed E-state index contributed by atoms with van der Waals surface area (Å²) in [5.41, 5.74) is 4.95. The van der Waals surface area contributed by atoms with E-state index >= 15 is 0 Å². The number of primary amides is 1. The lowest BCUT2D eigenvalue weighted by atomic mass is 10.1. The maximum atomic E-state index is 11.5. The monoisotopic (exact) mass is 308 g/mol. The molecular formula is C16H24N2O4. The maximum absolute atomic E-state index is 11.5. The van der Waals surface area contributed by atoms with Crippen molar-refractivity contribution in [1.82, 2.24) is 5.32 Å². The molecule has 0 aliphatic heterocycles. The first kappa shape index (κ1) is 18.0. The Bertz CT molecular complexity index is 474. The van der Waals surface area contributed by atoms with Crippen LogP contribution in [0.15, 0.2) is 30.3 Å². The molecule has 0 atom stereocenters. The number of alkyl carbamates (subject to hydrolysis) is 1. The Morgan fingerprint density at radius 2 is 1.86 bits per heavy atom. The molecule has 0 bridgehead atoms. The normalized spacial score (nSPS) is 11.0. The molecule has 2 amide bonds. The zero-order chi connectivity index (χ0) is 16.4. The number of ether oxygens (including phenoxy) is 2. The van der Waals surface area contributed by atoms with Crippen molar-refractivity contribution in [2.45, 2.75) is 38.9 Å². The minimum atomic E-state index is -1.30. The van der Waals surface area contributed by atoms with Gasteiger partial charge in [0, 0.05) is 13.2 Å². The van der Waals surface area contributed by atoms with Crippen LogP contribution in [0.2, 0.25) is 0 Å². The average Bonchev–Trinajstić information content (AvgIpc) is 2.46. The fourth-order valence-corrected chi connectivity index (χ4v) is 1.60. The Balaban J connectivity index is 2.03. The van der Waals surface area contributed by atoms with E-state index in [9.17, 15) is 9.59 Å². The number of nitrogens with one attached hydrogen (secondary N) is 1. The highest BCUT2D eigenvalue weighted by Gasteiger charge is 2.29. The molecule has 0 aliphatic carbocycles. The van der Waals surface area contributed by atoms with E-state index in [1.165, 1.54) is 13.8 Å². The fraction of sp³-hybridized carbons (Fsp3) is 0.500. The van der Waals surface area contributed by atoms with Gasteiger partial charge in [-0.3, -0.25) is 4.79 Å². The van der Waals surface area contributed by atoms with E-state index in [1.807, 2.05) is 30.3 Å². The summed E-state index contributed by atoms with van der Waals surface area (Å²) in [5, 5.41) is 2.58. The van der Waals surface area contributed by atoms with Crippen molar-refractivity contribution in [3.8, 4) is 0 Å². The molecule has 0 unspecified atom stereocenters. The van der Waals surface area contributed by atoms with Crippen LogP contribution in [0.5, 0.6) is 0 Å². The van der Waals surface area contributed by atoms with Crippen LogP contribution < -0.4 is 11.1 Å². The highest BCUT2D eigenvalue weighted by atomic mass is 16.6. The average molecular weight is 308 g/mol. The van der Waals surface area contributed by atoms with E-state index in [-0.39, 0.29) is 0 Å². The van der Waals surface area contributed by atoms with Gasteiger partial charge in [-0.2, -0.15) is 0 Å². The Hall–Kier alpha value is -2.08. The zero-order valence-corrected chi connectivity index (χ0v) is 13.1. The fourth-order valence-electron chi connectivity index (χ4n) is 1.60. The van der Waals surface area contributed by atoms with Crippen molar-refractivity contribution < 1.29 is 19.1 Å². The third kappa shape index (κ3) is 7.08. The molecule has 0 aliphatic rings. The van der Waals surface area contributed by atoms with E-state index in [1.54, 1.807) is 0 Å². The highest BCUT2D eigenvalue weighted by molar-refractivity contribution is 5.85. The van der Waals surface area contributed by atoms with E-state index < -0.39 is 17.6 Å².